The fourth-order valence-electron chi connectivity index (χ4n) is 2.69. The standard InChI is InChI=1S/C16H28N2O2/c1-4-7-17-10-16-13(2)9-15(20-16)12-18(3)11-14-6-5-8-19-14/h9,14,17H,4-8,10-12H2,1-3H3. The van der Waals surface area contributed by atoms with Gasteiger partial charge in [0.2, 0.25) is 0 Å². The van der Waals surface area contributed by atoms with Crippen LogP contribution in [-0.2, 0) is 17.8 Å². The summed E-state index contributed by atoms with van der Waals surface area (Å²) in [4.78, 5) is 2.29. The molecule has 1 saturated heterocycles. The van der Waals surface area contributed by atoms with Gasteiger partial charge >= 0.3 is 0 Å². The molecule has 1 aromatic heterocycles. The van der Waals surface area contributed by atoms with Crippen molar-refractivity contribution in [2.45, 2.75) is 52.3 Å². The van der Waals surface area contributed by atoms with E-state index in [1.54, 1.807) is 0 Å². The van der Waals surface area contributed by atoms with E-state index < -0.39 is 0 Å². The molecule has 4 heteroatoms. The van der Waals surface area contributed by atoms with E-state index in [1.807, 2.05) is 0 Å². The lowest BCUT2D eigenvalue weighted by atomic mass is 10.2. The van der Waals surface area contributed by atoms with E-state index in [2.05, 4.69) is 37.2 Å². The molecule has 0 aliphatic carbocycles. The van der Waals surface area contributed by atoms with E-state index in [4.69, 9.17) is 9.15 Å². The molecule has 1 unspecified atom stereocenters. The molecular formula is C16H28N2O2. The lowest BCUT2D eigenvalue weighted by molar-refractivity contribution is 0.0773. The maximum atomic E-state index is 5.95. The lowest BCUT2D eigenvalue weighted by Crippen LogP contribution is -2.28. The Kier molecular flexibility index (Phi) is 6.07. The summed E-state index contributed by atoms with van der Waals surface area (Å²) in [5.41, 5.74) is 1.24. The minimum Gasteiger partial charge on any atom is -0.463 e. The van der Waals surface area contributed by atoms with Crippen LogP contribution in [0.3, 0.4) is 0 Å². The topological polar surface area (TPSA) is 37.6 Å². The van der Waals surface area contributed by atoms with Crippen LogP contribution in [0.25, 0.3) is 0 Å². The van der Waals surface area contributed by atoms with Gasteiger partial charge in [-0.2, -0.15) is 0 Å². The predicted octanol–water partition coefficient (Wildman–Crippen LogP) is 2.70. The molecule has 0 bridgehead atoms. The Bertz CT molecular complexity index is 397. The Labute approximate surface area is 122 Å². The third-order valence-electron chi connectivity index (χ3n) is 3.75. The van der Waals surface area contributed by atoms with Crippen LogP contribution in [-0.4, -0.2) is 37.7 Å². The van der Waals surface area contributed by atoms with Gasteiger partial charge in [0.15, 0.2) is 0 Å². The number of furan rings is 1. The molecule has 2 heterocycles. The van der Waals surface area contributed by atoms with E-state index in [-0.39, 0.29) is 0 Å². The zero-order valence-corrected chi connectivity index (χ0v) is 13.1. The van der Waals surface area contributed by atoms with Crippen molar-refractivity contribution in [3.63, 3.8) is 0 Å². The van der Waals surface area contributed by atoms with Gasteiger partial charge in [-0.25, -0.2) is 0 Å². The summed E-state index contributed by atoms with van der Waals surface area (Å²) in [5, 5.41) is 3.39. The molecule has 4 nitrogen and oxygen atoms in total. The zero-order valence-electron chi connectivity index (χ0n) is 13.1. The SMILES string of the molecule is CCCNCc1oc(CN(C)CC2CCCO2)cc1C. The molecule has 0 aromatic carbocycles. The maximum Gasteiger partial charge on any atom is 0.120 e. The number of likely N-dealkylation sites (N-methyl/N-ethyl adjacent to an activating group) is 1. The highest BCUT2D eigenvalue weighted by atomic mass is 16.5. The van der Waals surface area contributed by atoms with E-state index >= 15 is 0 Å². The van der Waals surface area contributed by atoms with Gasteiger partial charge < -0.3 is 14.5 Å². The van der Waals surface area contributed by atoms with Crippen LogP contribution in [0.5, 0.6) is 0 Å². The molecule has 0 spiro atoms. The smallest absolute Gasteiger partial charge is 0.120 e. The Balaban J connectivity index is 1.80. The van der Waals surface area contributed by atoms with Crippen LogP contribution in [0.15, 0.2) is 10.5 Å². The summed E-state index contributed by atoms with van der Waals surface area (Å²) in [7, 11) is 2.13. The van der Waals surface area contributed by atoms with Crippen molar-refractivity contribution < 1.29 is 9.15 Å². The minimum absolute atomic E-state index is 0.404. The molecule has 0 saturated carbocycles. The van der Waals surface area contributed by atoms with Crippen molar-refractivity contribution in [2.75, 3.05) is 26.7 Å². The van der Waals surface area contributed by atoms with Gasteiger partial charge in [-0.15, -0.1) is 0 Å². The van der Waals surface area contributed by atoms with Gasteiger partial charge in [0.25, 0.3) is 0 Å². The number of nitrogens with one attached hydrogen (secondary N) is 1. The maximum absolute atomic E-state index is 5.95. The highest BCUT2D eigenvalue weighted by molar-refractivity contribution is 5.20. The van der Waals surface area contributed by atoms with E-state index in [1.165, 1.54) is 18.4 Å². The molecule has 1 fully saturated rings. The largest absolute Gasteiger partial charge is 0.463 e. The van der Waals surface area contributed by atoms with Gasteiger partial charge in [0, 0.05) is 13.2 Å². The number of ether oxygens (including phenoxy) is 1. The number of hydrogen-bond acceptors (Lipinski definition) is 4. The summed E-state index contributed by atoms with van der Waals surface area (Å²) in [6, 6.07) is 2.16. The summed E-state index contributed by atoms with van der Waals surface area (Å²) in [6.07, 6.45) is 3.94. The first-order valence-corrected chi connectivity index (χ1v) is 7.78. The molecule has 114 valence electrons. The van der Waals surface area contributed by atoms with Gasteiger partial charge in [0.1, 0.15) is 11.5 Å². The predicted molar refractivity (Wildman–Crippen MR) is 80.8 cm³/mol. The lowest BCUT2D eigenvalue weighted by Gasteiger charge is -2.19. The van der Waals surface area contributed by atoms with Crippen LogP contribution in [0, 0.1) is 6.92 Å². The molecule has 1 N–H and O–H groups in total. The molecular weight excluding hydrogens is 252 g/mol. The molecule has 1 atom stereocenters. The van der Waals surface area contributed by atoms with Crippen molar-refractivity contribution in [1.82, 2.24) is 10.2 Å². The normalized spacial score (nSPS) is 19.1. The minimum atomic E-state index is 0.404. The molecule has 2 rings (SSSR count). The monoisotopic (exact) mass is 280 g/mol. The van der Waals surface area contributed by atoms with E-state index in [0.717, 1.165) is 50.7 Å². The van der Waals surface area contributed by atoms with Gasteiger partial charge in [-0.3, -0.25) is 4.90 Å². The highest BCUT2D eigenvalue weighted by Crippen LogP contribution is 2.18. The number of rotatable bonds is 8. The van der Waals surface area contributed by atoms with Crippen LogP contribution in [0.1, 0.15) is 43.3 Å². The molecule has 1 aliphatic rings. The van der Waals surface area contributed by atoms with Crippen LogP contribution in [0.4, 0.5) is 0 Å². The fourth-order valence-corrected chi connectivity index (χ4v) is 2.69. The third-order valence-corrected chi connectivity index (χ3v) is 3.75. The number of nitrogens with zero attached hydrogens (tertiary/aromatic N) is 1. The summed E-state index contributed by atoms with van der Waals surface area (Å²) >= 11 is 0. The average Bonchev–Trinajstić information content (AvgIpc) is 3.00. The second kappa shape index (κ2) is 7.81. The molecule has 0 amide bonds. The van der Waals surface area contributed by atoms with Gasteiger partial charge in [-0.1, -0.05) is 6.92 Å². The van der Waals surface area contributed by atoms with Gasteiger partial charge in [-0.05, 0) is 51.4 Å². The first kappa shape index (κ1) is 15.5. The Morgan fingerprint density at radius 3 is 3.00 bits per heavy atom. The van der Waals surface area contributed by atoms with Crippen LogP contribution < -0.4 is 5.32 Å². The van der Waals surface area contributed by atoms with Crippen LogP contribution >= 0.6 is 0 Å². The van der Waals surface area contributed by atoms with Crippen molar-refractivity contribution in [3.8, 4) is 0 Å². The summed E-state index contributed by atoms with van der Waals surface area (Å²) in [5.74, 6) is 2.12. The van der Waals surface area contributed by atoms with Crippen molar-refractivity contribution >= 4 is 0 Å². The first-order chi connectivity index (χ1) is 9.69. The molecule has 1 aliphatic heterocycles. The molecule has 0 radical (unpaired) electrons. The second-order valence-electron chi connectivity index (χ2n) is 5.83. The molecule has 1 aromatic rings. The molecule has 20 heavy (non-hydrogen) atoms. The first-order valence-electron chi connectivity index (χ1n) is 7.78. The Morgan fingerprint density at radius 2 is 2.30 bits per heavy atom. The second-order valence-corrected chi connectivity index (χ2v) is 5.83. The number of hydrogen-bond donors (Lipinski definition) is 1. The highest BCUT2D eigenvalue weighted by Gasteiger charge is 2.18. The van der Waals surface area contributed by atoms with E-state index in [9.17, 15) is 0 Å². The quantitative estimate of drug-likeness (QED) is 0.743. The summed E-state index contributed by atoms with van der Waals surface area (Å²) < 4.78 is 11.6. The van der Waals surface area contributed by atoms with Crippen molar-refractivity contribution in [2.24, 2.45) is 0 Å². The number of aryl methyl sites for hydroxylation is 1. The van der Waals surface area contributed by atoms with Crippen molar-refractivity contribution in [1.29, 1.82) is 0 Å². The van der Waals surface area contributed by atoms with Crippen LogP contribution in [0.2, 0.25) is 0 Å². The fraction of sp³-hybridized carbons (Fsp3) is 0.750. The van der Waals surface area contributed by atoms with Gasteiger partial charge in [0.05, 0.1) is 19.2 Å². The third kappa shape index (κ3) is 4.62. The summed E-state index contributed by atoms with van der Waals surface area (Å²) in [6.45, 7) is 8.93. The Morgan fingerprint density at radius 1 is 1.45 bits per heavy atom. The zero-order chi connectivity index (χ0) is 14.4. The van der Waals surface area contributed by atoms with E-state index in [0.29, 0.717) is 6.10 Å². The van der Waals surface area contributed by atoms with Crippen molar-refractivity contribution in [3.05, 3.63) is 23.2 Å². The average molecular weight is 280 g/mol. The Hall–Kier alpha value is -0.840.